The maximum Gasteiger partial charge on any atom is 0.251 e. The van der Waals surface area contributed by atoms with Gasteiger partial charge in [0, 0.05) is 5.75 Å². The molecule has 0 spiro atoms. The molecule has 1 aliphatic rings. The fourth-order valence-corrected chi connectivity index (χ4v) is 2.96. The van der Waals surface area contributed by atoms with Crippen molar-refractivity contribution in [2.24, 2.45) is 16.8 Å². The standard InChI is InChI=1S/C13H25N3O3S/c1-3-6-12-11(7-5-8-14)13(17)16(15-12)9-10-20(18,19)4-2/h11H,3-10,14H2,1-2H3. The van der Waals surface area contributed by atoms with Crippen LogP contribution in [0, 0.1) is 5.92 Å². The Labute approximate surface area is 121 Å². The van der Waals surface area contributed by atoms with Gasteiger partial charge in [-0.1, -0.05) is 20.3 Å². The van der Waals surface area contributed by atoms with Crippen molar-refractivity contribution < 1.29 is 13.2 Å². The summed E-state index contributed by atoms with van der Waals surface area (Å²) in [5.74, 6) is -0.213. The lowest BCUT2D eigenvalue weighted by Crippen LogP contribution is -2.32. The van der Waals surface area contributed by atoms with Crippen LogP contribution in [0.1, 0.15) is 39.5 Å². The van der Waals surface area contributed by atoms with E-state index in [-0.39, 0.29) is 29.9 Å². The zero-order valence-electron chi connectivity index (χ0n) is 12.3. The highest BCUT2D eigenvalue weighted by Gasteiger charge is 2.34. The minimum absolute atomic E-state index is 0.0260. The zero-order valence-corrected chi connectivity index (χ0v) is 13.2. The minimum atomic E-state index is -3.08. The Bertz CT molecular complexity index is 459. The average molecular weight is 303 g/mol. The summed E-state index contributed by atoms with van der Waals surface area (Å²) < 4.78 is 23.0. The van der Waals surface area contributed by atoms with Gasteiger partial charge >= 0.3 is 0 Å². The van der Waals surface area contributed by atoms with Gasteiger partial charge in [0.25, 0.3) is 5.91 Å². The fraction of sp³-hybridized carbons (Fsp3) is 0.846. The molecule has 0 fully saturated rings. The van der Waals surface area contributed by atoms with Gasteiger partial charge in [-0.05, 0) is 25.8 Å². The van der Waals surface area contributed by atoms with Crippen LogP contribution in [0.5, 0.6) is 0 Å². The number of sulfone groups is 1. The van der Waals surface area contributed by atoms with Crippen LogP contribution in [0.4, 0.5) is 0 Å². The van der Waals surface area contributed by atoms with E-state index >= 15 is 0 Å². The molecule has 0 aromatic carbocycles. The highest BCUT2D eigenvalue weighted by Crippen LogP contribution is 2.23. The molecule has 0 aliphatic carbocycles. The van der Waals surface area contributed by atoms with Crippen LogP contribution in [-0.4, -0.2) is 49.6 Å². The molecule has 0 saturated carbocycles. The largest absolute Gasteiger partial charge is 0.330 e. The number of amides is 1. The van der Waals surface area contributed by atoms with E-state index in [0.29, 0.717) is 13.0 Å². The lowest BCUT2D eigenvalue weighted by Gasteiger charge is -2.14. The minimum Gasteiger partial charge on any atom is -0.330 e. The number of rotatable bonds is 9. The Morgan fingerprint density at radius 1 is 1.35 bits per heavy atom. The first-order valence-corrected chi connectivity index (χ1v) is 9.06. The number of hydrazone groups is 1. The van der Waals surface area contributed by atoms with E-state index in [1.165, 1.54) is 5.01 Å². The number of nitrogens with two attached hydrogens (primary N) is 1. The fourth-order valence-electron chi connectivity index (χ4n) is 2.22. The Hall–Kier alpha value is -0.950. The average Bonchev–Trinajstić information content (AvgIpc) is 2.71. The van der Waals surface area contributed by atoms with Crippen LogP contribution in [0.3, 0.4) is 0 Å². The van der Waals surface area contributed by atoms with Gasteiger partial charge in [-0.3, -0.25) is 4.79 Å². The highest BCUT2D eigenvalue weighted by molar-refractivity contribution is 7.91. The third kappa shape index (κ3) is 4.56. The molecule has 2 N–H and O–H groups in total. The summed E-state index contributed by atoms with van der Waals surface area (Å²) in [5.41, 5.74) is 6.37. The van der Waals surface area contributed by atoms with Gasteiger partial charge in [0.2, 0.25) is 0 Å². The summed E-state index contributed by atoms with van der Waals surface area (Å²) in [5, 5.41) is 5.66. The number of hydrogen-bond donors (Lipinski definition) is 1. The van der Waals surface area contributed by atoms with Crippen LogP contribution in [0.15, 0.2) is 5.10 Å². The Kier molecular flexibility index (Phi) is 6.61. The Morgan fingerprint density at radius 2 is 2.05 bits per heavy atom. The molecule has 116 valence electrons. The number of carbonyl (C=O) groups excluding carboxylic acids is 1. The van der Waals surface area contributed by atoms with Crippen LogP contribution >= 0.6 is 0 Å². The normalized spacial score (nSPS) is 19.6. The molecule has 0 aromatic heterocycles. The lowest BCUT2D eigenvalue weighted by molar-refractivity contribution is -0.131. The van der Waals surface area contributed by atoms with Crippen molar-refractivity contribution in [3.63, 3.8) is 0 Å². The molecule has 0 bridgehead atoms. The molecule has 1 aliphatic heterocycles. The van der Waals surface area contributed by atoms with Crippen molar-refractivity contribution in [2.75, 3.05) is 24.6 Å². The summed E-state index contributed by atoms with van der Waals surface area (Å²) in [4.78, 5) is 12.3. The predicted octanol–water partition coefficient (Wildman–Crippen LogP) is 0.775. The third-order valence-electron chi connectivity index (χ3n) is 3.46. The molecule has 1 rings (SSSR count). The molecule has 6 nitrogen and oxygen atoms in total. The van der Waals surface area contributed by atoms with Gasteiger partial charge < -0.3 is 5.73 Å². The van der Waals surface area contributed by atoms with Crippen molar-refractivity contribution in [3.8, 4) is 0 Å². The maximum absolute atomic E-state index is 12.3. The van der Waals surface area contributed by atoms with Crippen LogP contribution in [0.25, 0.3) is 0 Å². The second kappa shape index (κ2) is 7.73. The van der Waals surface area contributed by atoms with Gasteiger partial charge in [-0.25, -0.2) is 13.4 Å². The second-order valence-corrected chi connectivity index (χ2v) is 7.50. The third-order valence-corrected chi connectivity index (χ3v) is 5.15. The van der Waals surface area contributed by atoms with E-state index in [9.17, 15) is 13.2 Å². The molecule has 0 saturated heterocycles. The SMILES string of the molecule is CCCC1=NN(CCS(=O)(=O)CC)C(=O)C1CCCN. The molecular formula is C13H25N3O3S. The van der Waals surface area contributed by atoms with Gasteiger partial charge in [0.15, 0.2) is 9.84 Å². The Balaban J connectivity index is 2.71. The second-order valence-electron chi connectivity index (χ2n) is 5.02. The smallest absolute Gasteiger partial charge is 0.251 e. The molecule has 7 heteroatoms. The first kappa shape index (κ1) is 17.1. The number of carbonyl (C=O) groups is 1. The molecule has 0 aromatic rings. The van der Waals surface area contributed by atoms with Gasteiger partial charge in [-0.15, -0.1) is 0 Å². The molecule has 0 radical (unpaired) electrons. The molecule has 1 heterocycles. The predicted molar refractivity (Wildman–Crippen MR) is 80.2 cm³/mol. The quantitative estimate of drug-likeness (QED) is 0.681. The van der Waals surface area contributed by atoms with E-state index in [0.717, 1.165) is 25.0 Å². The summed E-state index contributed by atoms with van der Waals surface area (Å²) in [6.07, 6.45) is 3.18. The first-order chi connectivity index (χ1) is 9.45. The van der Waals surface area contributed by atoms with Crippen molar-refractivity contribution in [2.45, 2.75) is 39.5 Å². The van der Waals surface area contributed by atoms with E-state index in [1.54, 1.807) is 6.92 Å². The zero-order chi connectivity index (χ0) is 15.2. The maximum atomic E-state index is 12.3. The molecule has 1 atom stereocenters. The van der Waals surface area contributed by atoms with Crippen molar-refractivity contribution in [1.29, 1.82) is 0 Å². The van der Waals surface area contributed by atoms with E-state index in [4.69, 9.17) is 5.73 Å². The van der Waals surface area contributed by atoms with E-state index < -0.39 is 9.84 Å². The van der Waals surface area contributed by atoms with Gasteiger partial charge in [-0.2, -0.15) is 5.10 Å². The van der Waals surface area contributed by atoms with Crippen molar-refractivity contribution in [1.82, 2.24) is 5.01 Å². The highest BCUT2D eigenvalue weighted by atomic mass is 32.2. The molecular weight excluding hydrogens is 278 g/mol. The molecule has 20 heavy (non-hydrogen) atoms. The van der Waals surface area contributed by atoms with Crippen LogP contribution in [-0.2, 0) is 14.6 Å². The number of hydrogen-bond acceptors (Lipinski definition) is 5. The van der Waals surface area contributed by atoms with Crippen LogP contribution in [0.2, 0.25) is 0 Å². The first-order valence-electron chi connectivity index (χ1n) is 7.24. The summed E-state index contributed by atoms with van der Waals surface area (Å²) in [6.45, 7) is 4.35. The van der Waals surface area contributed by atoms with Crippen molar-refractivity contribution >= 4 is 21.5 Å². The van der Waals surface area contributed by atoms with E-state index in [1.807, 2.05) is 6.92 Å². The monoisotopic (exact) mass is 303 g/mol. The number of nitrogens with zero attached hydrogens (tertiary/aromatic N) is 2. The summed E-state index contributed by atoms with van der Waals surface area (Å²) in [6, 6.07) is 0. The summed E-state index contributed by atoms with van der Waals surface area (Å²) in [7, 11) is -3.08. The Morgan fingerprint density at radius 3 is 2.60 bits per heavy atom. The summed E-state index contributed by atoms with van der Waals surface area (Å²) >= 11 is 0. The van der Waals surface area contributed by atoms with Gasteiger partial charge in [0.1, 0.15) is 0 Å². The molecule has 1 amide bonds. The lowest BCUT2D eigenvalue weighted by atomic mass is 9.95. The molecule has 1 unspecified atom stereocenters. The van der Waals surface area contributed by atoms with Crippen LogP contribution < -0.4 is 5.73 Å². The topological polar surface area (TPSA) is 92.8 Å². The van der Waals surface area contributed by atoms with Gasteiger partial charge in [0.05, 0.1) is 23.9 Å². The van der Waals surface area contributed by atoms with E-state index in [2.05, 4.69) is 5.10 Å². The van der Waals surface area contributed by atoms with Crippen molar-refractivity contribution in [3.05, 3.63) is 0 Å².